The van der Waals surface area contributed by atoms with E-state index in [1.54, 1.807) is 4.90 Å². The number of amides is 2. The van der Waals surface area contributed by atoms with Gasteiger partial charge in [-0.25, -0.2) is 9.97 Å². The topological polar surface area (TPSA) is 95.7 Å². The van der Waals surface area contributed by atoms with Gasteiger partial charge in [-0.15, -0.1) is 0 Å². The van der Waals surface area contributed by atoms with Crippen LogP contribution < -0.4 is 5.73 Å². The number of hydrogen-bond donors (Lipinski definition) is 1. The first-order valence-electron chi connectivity index (χ1n) is 10.1. The maximum absolute atomic E-state index is 13.1. The van der Waals surface area contributed by atoms with Crippen LogP contribution in [0.5, 0.6) is 0 Å². The number of anilines is 1. The van der Waals surface area contributed by atoms with Crippen LogP contribution in [0.1, 0.15) is 28.9 Å². The highest BCUT2D eigenvalue weighted by Gasteiger charge is 2.35. The summed E-state index contributed by atoms with van der Waals surface area (Å²) >= 11 is 0. The number of benzene rings is 1. The van der Waals surface area contributed by atoms with Crippen molar-refractivity contribution in [2.45, 2.75) is 25.4 Å². The van der Waals surface area contributed by atoms with Crippen molar-refractivity contribution in [2.24, 2.45) is 0 Å². The molecule has 0 saturated carbocycles. The van der Waals surface area contributed by atoms with Gasteiger partial charge >= 0.3 is 0 Å². The van der Waals surface area contributed by atoms with E-state index in [0.29, 0.717) is 32.7 Å². The maximum atomic E-state index is 13.1. The highest BCUT2D eigenvalue weighted by molar-refractivity contribution is 5.96. The molecule has 0 spiro atoms. The van der Waals surface area contributed by atoms with Crippen molar-refractivity contribution in [3.8, 4) is 0 Å². The smallest absolute Gasteiger partial charge is 0.276 e. The van der Waals surface area contributed by atoms with Gasteiger partial charge in [0.25, 0.3) is 5.91 Å². The summed E-state index contributed by atoms with van der Waals surface area (Å²) in [5.74, 6) is 0.146. The van der Waals surface area contributed by atoms with E-state index in [1.165, 1.54) is 12.4 Å². The third-order valence-corrected chi connectivity index (χ3v) is 5.69. The van der Waals surface area contributed by atoms with E-state index in [2.05, 4.69) is 27.0 Å². The van der Waals surface area contributed by atoms with Gasteiger partial charge < -0.3 is 15.5 Å². The van der Waals surface area contributed by atoms with Crippen molar-refractivity contribution in [3.63, 3.8) is 0 Å². The van der Waals surface area contributed by atoms with Gasteiger partial charge in [0.05, 0.1) is 6.04 Å². The summed E-state index contributed by atoms with van der Waals surface area (Å²) in [7, 11) is 0. The molecule has 2 aromatic rings. The van der Waals surface area contributed by atoms with Gasteiger partial charge in [-0.2, -0.15) is 0 Å². The van der Waals surface area contributed by atoms with E-state index in [4.69, 9.17) is 5.73 Å². The summed E-state index contributed by atoms with van der Waals surface area (Å²) in [6.07, 6.45) is 4.81. The second-order valence-corrected chi connectivity index (χ2v) is 7.52. The Labute approximate surface area is 170 Å². The molecule has 0 bridgehead atoms. The summed E-state index contributed by atoms with van der Waals surface area (Å²) in [5, 5.41) is 0. The molecular weight excluding hydrogens is 368 g/mol. The van der Waals surface area contributed by atoms with Crippen molar-refractivity contribution in [1.29, 1.82) is 0 Å². The van der Waals surface area contributed by atoms with Gasteiger partial charge in [0.15, 0.2) is 11.5 Å². The van der Waals surface area contributed by atoms with Gasteiger partial charge in [0.1, 0.15) is 0 Å². The van der Waals surface area contributed by atoms with E-state index < -0.39 is 0 Å². The lowest BCUT2D eigenvalue weighted by Gasteiger charge is -2.42. The molecule has 3 heterocycles. The predicted molar refractivity (Wildman–Crippen MR) is 109 cm³/mol. The minimum atomic E-state index is -0.198. The molecule has 1 atom stereocenters. The lowest BCUT2D eigenvalue weighted by atomic mass is 10.0. The highest BCUT2D eigenvalue weighted by atomic mass is 16.2. The molecule has 2 aliphatic heterocycles. The first-order chi connectivity index (χ1) is 14.1. The number of piperazine rings is 1. The number of nitrogens with zero attached hydrogens (tertiary/aromatic N) is 5. The first kappa shape index (κ1) is 19.3. The number of carbonyl (C=O) groups is 2. The van der Waals surface area contributed by atoms with Crippen LogP contribution in [0.4, 0.5) is 5.82 Å². The molecule has 2 amide bonds. The van der Waals surface area contributed by atoms with Crippen LogP contribution >= 0.6 is 0 Å². The molecule has 1 aromatic carbocycles. The number of carbonyl (C=O) groups excluding carboxylic acids is 2. The molecule has 0 aliphatic carbocycles. The normalized spacial score (nSPS) is 20.7. The second kappa shape index (κ2) is 8.57. The minimum Gasteiger partial charge on any atom is -0.382 e. The molecule has 2 fully saturated rings. The molecule has 29 heavy (non-hydrogen) atoms. The standard InChI is InChI=1S/C21H26N6O2/c22-19-18(23-8-9-24-19)21(29)26-13-11-25(12-14-26)17-7-4-10-27(20(17)28)15-16-5-2-1-3-6-16/h1-3,5-6,8-9,17H,4,7,10-15H2,(H2,22,24)/t17-/m1/s1. The van der Waals surface area contributed by atoms with E-state index in [1.807, 2.05) is 23.1 Å². The molecule has 4 rings (SSSR count). The quantitative estimate of drug-likeness (QED) is 0.831. The van der Waals surface area contributed by atoms with Gasteiger partial charge in [-0.1, -0.05) is 30.3 Å². The predicted octanol–water partition coefficient (Wildman–Crippen LogP) is 1.01. The zero-order valence-electron chi connectivity index (χ0n) is 16.4. The summed E-state index contributed by atoms with van der Waals surface area (Å²) in [5.41, 5.74) is 7.14. The fraction of sp³-hybridized carbons (Fsp3) is 0.429. The van der Waals surface area contributed by atoms with Gasteiger partial charge in [-0.3, -0.25) is 14.5 Å². The van der Waals surface area contributed by atoms with E-state index in [9.17, 15) is 9.59 Å². The lowest BCUT2D eigenvalue weighted by molar-refractivity contribution is -0.141. The Balaban J connectivity index is 1.36. The van der Waals surface area contributed by atoms with Crippen LogP contribution in [0.3, 0.4) is 0 Å². The number of likely N-dealkylation sites (tertiary alicyclic amines) is 1. The Morgan fingerprint density at radius 1 is 1.03 bits per heavy atom. The Bertz CT molecular complexity index is 866. The minimum absolute atomic E-state index is 0.105. The Morgan fingerprint density at radius 2 is 1.76 bits per heavy atom. The molecule has 2 N–H and O–H groups in total. The summed E-state index contributed by atoms with van der Waals surface area (Å²) in [6.45, 7) is 3.90. The number of rotatable bonds is 4. The van der Waals surface area contributed by atoms with Gasteiger partial charge in [0.2, 0.25) is 5.91 Å². The summed E-state index contributed by atoms with van der Waals surface area (Å²) in [4.78, 5) is 39.7. The Hall–Kier alpha value is -3.00. The molecule has 1 aromatic heterocycles. The lowest BCUT2D eigenvalue weighted by Crippen LogP contribution is -2.58. The fourth-order valence-corrected chi connectivity index (χ4v) is 4.12. The van der Waals surface area contributed by atoms with Crippen molar-refractivity contribution in [3.05, 3.63) is 54.0 Å². The van der Waals surface area contributed by atoms with Crippen LogP contribution in [-0.4, -0.2) is 75.2 Å². The number of aromatic nitrogens is 2. The number of piperidine rings is 1. The SMILES string of the molecule is Nc1nccnc1C(=O)N1CCN([C@@H]2CCCN(Cc3ccccc3)C2=O)CC1. The monoisotopic (exact) mass is 394 g/mol. The summed E-state index contributed by atoms with van der Waals surface area (Å²) < 4.78 is 0. The molecule has 2 saturated heterocycles. The Kier molecular flexibility index (Phi) is 5.71. The highest BCUT2D eigenvalue weighted by Crippen LogP contribution is 2.21. The zero-order chi connectivity index (χ0) is 20.2. The Morgan fingerprint density at radius 3 is 2.48 bits per heavy atom. The van der Waals surface area contributed by atoms with Crippen LogP contribution in [0.2, 0.25) is 0 Å². The molecule has 2 aliphatic rings. The van der Waals surface area contributed by atoms with Crippen LogP contribution in [0.25, 0.3) is 0 Å². The maximum Gasteiger partial charge on any atom is 0.276 e. The average molecular weight is 394 g/mol. The van der Waals surface area contributed by atoms with Crippen molar-refractivity contribution < 1.29 is 9.59 Å². The van der Waals surface area contributed by atoms with Crippen molar-refractivity contribution in [2.75, 3.05) is 38.5 Å². The molecule has 0 radical (unpaired) electrons. The number of nitrogens with two attached hydrogens (primary N) is 1. The van der Waals surface area contributed by atoms with Crippen molar-refractivity contribution >= 4 is 17.6 Å². The number of nitrogen functional groups attached to an aromatic ring is 1. The molecule has 152 valence electrons. The van der Waals surface area contributed by atoms with E-state index >= 15 is 0 Å². The summed E-state index contributed by atoms with van der Waals surface area (Å²) in [6, 6.07) is 9.99. The molecular formula is C21H26N6O2. The van der Waals surface area contributed by atoms with Crippen molar-refractivity contribution in [1.82, 2.24) is 24.7 Å². The molecule has 8 nitrogen and oxygen atoms in total. The van der Waals surface area contributed by atoms with Gasteiger partial charge in [0, 0.05) is 51.7 Å². The van der Waals surface area contributed by atoms with Crippen LogP contribution in [-0.2, 0) is 11.3 Å². The van der Waals surface area contributed by atoms with Gasteiger partial charge in [-0.05, 0) is 18.4 Å². The third-order valence-electron chi connectivity index (χ3n) is 5.69. The first-order valence-corrected chi connectivity index (χ1v) is 10.1. The van der Waals surface area contributed by atoms with Crippen LogP contribution in [0, 0.1) is 0 Å². The third kappa shape index (κ3) is 4.22. The fourth-order valence-electron chi connectivity index (χ4n) is 4.12. The molecule has 0 unspecified atom stereocenters. The largest absolute Gasteiger partial charge is 0.382 e. The van der Waals surface area contributed by atoms with E-state index in [-0.39, 0.29) is 29.4 Å². The number of hydrogen-bond acceptors (Lipinski definition) is 6. The average Bonchev–Trinajstić information content (AvgIpc) is 2.76. The van der Waals surface area contributed by atoms with E-state index in [0.717, 1.165) is 24.9 Å². The zero-order valence-corrected chi connectivity index (χ0v) is 16.4. The van der Waals surface area contributed by atoms with Crippen LogP contribution in [0.15, 0.2) is 42.7 Å². The molecule has 8 heteroatoms. The second-order valence-electron chi connectivity index (χ2n) is 7.52.